The maximum atomic E-state index is 16.0. The second-order valence-electron chi connectivity index (χ2n) is 10.6. The van der Waals surface area contributed by atoms with Crippen molar-refractivity contribution in [1.29, 1.82) is 0 Å². The average molecular weight is 704 g/mol. The van der Waals surface area contributed by atoms with Gasteiger partial charge in [0.25, 0.3) is 13.0 Å². The Hall–Kier alpha value is -2.78. The first-order valence-electron chi connectivity index (χ1n) is 13.4. The molecule has 244 valence electrons. The summed E-state index contributed by atoms with van der Waals surface area (Å²) >= 11 is 5.12. The molecule has 0 amide bonds. The maximum absolute atomic E-state index is 16.0. The van der Waals surface area contributed by atoms with Crippen LogP contribution in [0.2, 0.25) is 0 Å². The third-order valence-electron chi connectivity index (χ3n) is 7.66. The van der Waals surface area contributed by atoms with Crippen molar-refractivity contribution in [2.24, 2.45) is 7.05 Å². The smallest absolute Gasteiger partial charge is 0.325 e. The Morgan fingerprint density at radius 1 is 1.00 bits per heavy atom. The van der Waals surface area contributed by atoms with E-state index in [1.54, 1.807) is 0 Å². The zero-order valence-corrected chi connectivity index (χ0v) is 25.9. The van der Waals surface area contributed by atoms with Crippen LogP contribution in [0, 0.1) is 5.82 Å². The summed E-state index contributed by atoms with van der Waals surface area (Å²) in [6.07, 6.45) is -9.59. The number of alkyl halides is 2. The molecule has 3 N–H and O–H groups in total. The van der Waals surface area contributed by atoms with Crippen LogP contribution in [0.1, 0.15) is 12.5 Å². The summed E-state index contributed by atoms with van der Waals surface area (Å²) in [5, 5.41) is -0.429. The van der Waals surface area contributed by atoms with Gasteiger partial charge in [0, 0.05) is 13.2 Å². The molecule has 17 nitrogen and oxygen atoms in total. The summed E-state index contributed by atoms with van der Waals surface area (Å²) < 4.78 is 96.3. The summed E-state index contributed by atoms with van der Waals surface area (Å²) in [5.41, 5.74) is 5.12. The second kappa shape index (κ2) is 11.4. The van der Waals surface area contributed by atoms with Crippen molar-refractivity contribution in [3.8, 4) is 0 Å². The van der Waals surface area contributed by atoms with Gasteiger partial charge in [-0.2, -0.15) is 0 Å². The molecular formula is C22H22BF3N8O9P2S. The summed E-state index contributed by atoms with van der Waals surface area (Å²) in [5.74, 6) is -0.972. The highest BCUT2D eigenvalue weighted by molar-refractivity contribution is 8.07. The van der Waals surface area contributed by atoms with E-state index in [2.05, 4.69) is 19.9 Å². The predicted molar refractivity (Wildman–Crippen MR) is 154 cm³/mol. The molecule has 4 aromatic heterocycles. The number of halogens is 3. The molecule has 0 bridgehead atoms. The summed E-state index contributed by atoms with van der Waals surface area (Å²) in [6.45, 7) is -5.82. The summed E-state index contributed by atoms with van der Waals surface area (Å²) in [6, 6.07) is 0. The van der Waals surface area contributed by atoms with Gasteiger partial charge in [-0.05, 0) is 11.8 Å². The topological polar surface area (TPSA) is 202 Å². The first-order valence-corrected chi connectivity index (χ1v) is 17.6. The van der Waals surface area contributed by atoms with E-state index in [4.69, 9.17) is 52.7 Å². The summed E-state index contributed by atoms with van der Waals surface area (Å²) in [7, 11) is 2.49. The number of rotatable bonds is 2. The zero-order chi connectivity index (χ0) is 32.7. The standard InChI is InChI=1S/C22H22BF3N8O9P2S/c1-32-6-31-18-11(20(32)35)8(24)2-33(18)21-12(25)15-10(40-21)4-39-45(37,46)43-16-9(3-38-44(23,36)42-15)41-22(13(16)26)34-7-30-14-17(27)28-5-29-19(14)34/h2,5-7,9-10,12-13,15-16,21-22H,3-4H2,1H3,(H,37,46)(H2,27,28,29)/t9-,10-,12+,13?,15?,16+,21-,22-,44?,45?/m1/s1. The highest BCUT2D eigenvalue weighted by Crippen LogP contribution is 2.54. The lowest BCUT2D eigenvalue weighted by Crippen LogP contribution is -2.37. The molecule has 3 aliphatic rings. The number of nitrogen functional groups attached to an aromatic ring is 1. The average Bonchev–Trinajstić information content (AvgIpc) is 3.73. The highest BCUT2D eigenvalue weighted by Gasteiger charge is 2.53. The molecule has 0 saturated carbocycles. The van der Waals surface area contributed by atoms with Gasteiger partial charge in [0.2, 0.25) is 7.57 Å². The lowest BCUT2D eigenvalue weighted by atomic mass is 10.1. The number of aromatic nitrogens is 7. The van der Waals surface area contributed by atoms with E-state index in [-0.39, 0.29) is 22.6 Å². The van der Waals surface area contributed by atoms with Crippen LogP contribution in [0.5, 0.6) is 0 Å². The van der Waals surface area contributed by atoms with Crippen LogP contribution in [0.15, 0.2) is 30.0 Å². The molecule has 3 saturated heterocycles. The lowest BCUT2D eigenvalue weighted by molar-refractivity contribution is -0.0565. The molecule has 0 spiro atoms. The van der Waals surface area contributed by atoms with Crippen molar-refractivity contribution in [3.63, 3.8) is 0 Å². The molecule has 0 aromatic carbocycles. The normalized spacial score (nSPS) is 37.2. The van der Waals surface area contributed by atoms with Gasteiger partial charge in [-0.25, -0.2) is 33.1 Å². The fourth-order valence-corrected chi connectivity index (χ4v) is 7.96. The van der Waals surface area contributed by atoms with Crippen LogP contribution in [0.4, 0.5) is 19.0 Å². The Balaban J connectivity index is 1.18. The Bertz CT molecular complexity index is 2000. The van der Waals surface area contributed by atoms with Crippen molar-refractivity contribution in [2.75, 3.05) is 18.9 Å². The maximum Gasteiger partial charge on any atom is 0.325 e. The van der Waals surface area contributed by atoms with Crippen LogP contribution < -0.4 is 11.3 Å². The van der Waals surface area contributed by atoms with E-state index in [0.29, 0.717) is 0 Å². The third kappa shape index (κ3) is 5.39. The number of fused-ring (bicyclic) bond motifs is 4. The monoisotopic (exact) mass is 704 g/mol. The first-order chi connectivity index (χ1) is 21.7. The fourth-order valence-electron chi connectivity index (χ4n) is 5.52. The number of aryl methyl sites for hydroxylation is 1. The van der Waals surface area contributed by atoms with Crippen LogP contribution in [-0.4, -0.2) is 96.1 Å². The van der Waals surface area contributed by atoms with Gasteiger partial charge in [0.1, 0.15) is 41.6 Å². The summed E-state index contributed by atoms with van der Waals surface area (Å²) in [4.78, 5) is 39.4. The fraction of sp³-hybridized carbons (Fsp3) is 0.500. The van der Waals surface area contributed by atoms with Gasteiger partial charge < -0.3 is 38.2 Å². The van der Waals surface area contributed by atoms with Crippen molar-refractivity contribution >= 4 is 61.6 Å². The van der Waals surface area contributed by atoms with Gasteiger partial charge in [-0.1, -0.05) is 0 Å². The Labute approximate surface area is 261 Å². The van der Waals surface area contributed by atoms with Crippen molar-refractivity contribution in [1.82, 2.24) is 33.6 Å². The highest BCUT2D eigenvalue weighted by atomic mass is 32.5. The zero-order valence-electron chi connectivity index (χ0n) is 23.3. The molecule has 4 unspecified atom stereocenters. The molecule has 7 rings (SSSR count). The van der Waals surface area contributed by atoms with Crippen molar-refractivity contribution < 1.29 is 50.2 Å². The van der Waals surface area contributed by atoms with Crippen LogP contribution in [0.3, 0.4) is 0 Å². The number of anilines is 1. The SMILES string of the molecule is [B]P1(=O)OC[C@H]2O[C@@H](n3cnc4c(N)ncnc43)C(F)[C@H]2OP(O)(=S)OC[C@H]2O[C@@H](n3cc(F)c4c(=O)n(C)cnc43)[C@@H](F)C2O1. The molecule has 4 aromatic rings. The molecule has 7 heterocycles. The Morgan fingerprint density at radius 3 is 2.37 bits per heavy atom. The molecule has 46 heavy (non-hydrogen) atoms. The number of nitrogens with two attached hydrogens (primary N) is 1. The first kappa shape index (κ1) is 31.8. The van der Waals surface area contributed by atoms with Crippen molar-refractivity contribution in [2.45, 2.75) is 49.2 Å². The third-order valence-corrected chi connectivity index (χ3v) is 10.3. The minimum absolute atomic E-state index is 0.0282. The number of nitrogens with zero attached hydrogens (tertiary/aromatic N) is 7. The number of hydrogen-bond donors (Lipinski definition) is 2. The van der Waals surface area contributed by atoms with E-state index in [0.717, 1.165) is 28.0 Å². The minimum atomic E-state index is -4.67. The Kier molecular flexibility index (Phi) is 7.91. The largest absolute Gasteiger partial charge is 0.382 e. The number of ether oxygens (including phenoxy) is 2. The molecule has 3 aliphatic heterocycles. The predicted octanol–water partition coefficient (Wildman–Crippen LogP) is 1.08. The molecule has 2 radical (unpaired) electrons. The van der Waals surface area contributed by atoms with Gasteiger partial charge >= 0.3 is 6.72 Å². The second-order valence-corrected chi connectivity index (χ2v) is 14.9. The molecule has 3 fully saturated rings. The van der Waals surface area contributed by atoms with Gasteiger partial charge in [0.05, 0.1) is 25.9 Å². The van der Waals surface area contributed by atoms with Crippen molar-refractivity contribution in [3.05, 3.63) is 41.3 Å². The van der Waals surface area contributed by atoms with Crippen LogP contribution in [0.25, 0.3) is 22.2 Å². The van der Waals surface area contributed by atoms with E-state index in [9.17, 15) is 18.6 Å². The van der Waals surface area contributed by atoms with Gasteiger partial charge in [-0.3, -0.25) is 23.0 Å². The van der Waals surface area contributed by atoms with Gasteiger partial charge in [-0.15, -0.1) is 0 Å². The number of hydrogen-bond acceptors (Lipinski definition) is 14. The lowest BCUT2D eigenvalue weighted by Gasteiger charge is -2.29. The van der Waals surface area contributed by atoms with E-state index in [1.807, 2.05) is 0 Å². The molecular weight excluding hydrogens is 682 g/mol. The number of imidazole rings is 1. The van der Waals surface area contributed by atoms with Gasteiger partial charge in [0.15, 0.2) is 47.7 Å². The molecule has 10 atom stereocenters. The quantitative estimate of drug-likeness (QED) is 0.222. The molecule has 24 heteroatoms. The molecule has 0 aliphatic carbocycles. The van der Waals surface area contributed by atoms with E-state index < -0.39 is 93.4 Å². The van der Waals surface area contributed by atoms with Crippen LogP contribution >= 0.6 is 14.2 Å². The van der Waals surface area contributed by atoms with E-state index >= 15 is 8.78 Å². The minimum Gasteiger partial charge on any atom is -0.382 e. The van der Waals surface area contributed by atoms with E-state index in [1.165, 1.54) is 17.9 Å². The van der Waals surface area contributed by atoms with Crippen LogP contribution in [-0.2, 0) is 51.0 Å². The Morgan fingerprint density at radius 2 is 1.65 bits per heavy atom.